The summed E-state index contributed by atoms with van der Waals surface area (Å²) in [6.45, 7) is 2.01. The van der Waals surface area contributed by atoms with Crippen molar-refractivity contribution >= 4 is 27.4 Å². The Morgan fingerprint density at radius 3 is 2.82 bits per heavy atom. The van der Waals surface area contributed by atoms with E-state index in [-0.39, 0.29) is 5.54 Å². The Kier molecular flexibility index (Phi) is 1.86. The number of hydrogen-bond donors (Lipinski definition) is 1. The summed E-state index contributed by atoms with van der Waals surface area (Å²) in [4.78, 5) is 2.39. The SMILES string of the molecule is NC1(C2CC2)CN(c2snc3ccccc23)C1. The second kappa shape index (κ2) is 3.21. The highest BCUT2D eigenvalue weighted by Crippen LogP contribution is 2.46. The van der Waals surface area contributed by atoms with Gasteiger partial charge in [-0.25, -0.2) is 0 Å². The van der Waals surface area contributed by atoms with Crippen molar-refractivity contribution in [3.05, 3.63) is 24.3 Å². The van der Waals surface area contributed by atoms with Gasteiger partial charge in [0.05, 0.1) is 11.1 Å². The monoisotopic (exact) mass is 245 g/mol. The number of nitrogens with zero attached hydrogens (tertiary/aromatic N) is 2. The molecule has 0 bridgehead atoms. The van der Waals surface area contributed by atoms with Crippen molar-refractivity contribution in [2.75, 3.05) is 18.0 Å². The van der Waals surface area contributed by atoms with Crippen LogP contribution in [-0.4, -0.2) is 23.0 Å². The molecule has 1 aliphatic heterocycles. The van der Waals surface area contributed by atoms with Crippen molar-refractivity contribution in [2.45, 2.75) is 18.4 Å². The van der Waals surface area contributed by atoms with Gasteiger partial charge in [-0.2, -0.15) is 4.37 Å². The Morgan fingerprint density at radius 1 is 1.29 bits per heavy atom. The van der Waals surface area contributed by atoms with E-state index in [0.717, 1.165) is 24.5 Å². The Balaban J connectivity index is 1.64. The van der Waals surface area contributed by atoms with Gasteiger partial charge in [0.25, 0.3) is 0 Å². The van der Waals surface area contributed by atoms with Crippen LogP contribution in [0.5, 0.6) is 0 Å². The predicted octanol–water partition coefficient (Wildman–Crippen LogP) is 2.22. The van der Waals surface area contributed by atoms with Gasteiger partial charge in [0.15, 0.2) is 0 Å². The van der Waals surface area contributed by atoms with E-state index < -0.39 is 0 Å². The highest BCUT2D eigenvalue weighted by molar-refractivity contribution is 7.11. The van der Waals surface area contributed by atoms with E-state index in [2.05, 4.69) is 27.5 Å². The van der Waals surface area contributed by atoms with Crippen LogP contribution in [0.15, 0.2) is 24.3 Å². The summed E-state index contributed by atoms with van der Waals surface area (Å²) in [5, 5.41) is 2.57. The Hall–Kier alpha value is -1.13. The average Bonchev–Trinajstić information content (AvgIpc) is 3.06. The molecule has 2 N–H and O–H groups in total. The van der Waals surface area contributed by atoms with Crippen LogP contribution in [0.25, 0.3) is 10.9 Å². The third-order valence-electron chi connectivity index (χ3n) is 4.01. The van der Waals surface area contributed by atoms with Crippen molar-refractivity contribution < 1.29 is 0 Å². The van der Waals surface area contributed by atoms with Gasteiger partial charge in [-0.1, -0.05) is 12.1 Å². The lowest BCUT2D eigenvalue weighted by Crippen LogP contribution is -2.68. The summed E-state index contributed by atoms with van der Waals surface area (Å²) in [6, 6.07) is 8.35. The third kappa shape index (κ3) is 1.40. The summed E-state index contributed by atoms with van der Waals surface area (Å²) in [5.74, 6) is 0.776. The first-order valence-corrected chi connectivity index (χ1v) is 6.92. The van der Waals surface area contributed by atoms with Crippen LogP contribution in [0.1, 0.15) is 12.8 Å². The second-order valence-electron chi connectivity index (χ2n) is 5.37. The molecule has 0 spiro atoms. The molecule has 4 rings (SSSR count). The molecule has 4 heteroatoms. The fraction of sp³-hybridized carbons (Fsp3) is 0.462. The highest BCUT2D eigenvalue weighted by Gasteiger charge is 2.50. The molecule has 17 heavy (non-hydrogen) atoms. The van der Waals surface area contributed by atoms with Crippen LogP contribution in [0.2, 0.25) is 0 Å². The van der Waals surface area contributed by atoms with Gasteiger partial charge in [0, 0.05) is 18.5 Å². The number of fused-ring (bicyclic) bond motifs is 1. The smallest absolute Gasteiger partial charge is 0.120 e. The maximum atomic E-state index is 6.39. The van der Waals surface area contributed by atoms with E-state index in [1.807, 2.05) is 6.07 Å². The molecule has 2 heterocycles. The number of hydrogen-bond acceptors (Lipinski definition) is 4. The van der Waals surface area contributed by atoms with Crippen molar-refractivity contribution in [1.29, 1.82) is 0 Å². The van der Waals surface area contributed by atoms with Gasteiger partial charge in [0.1, 0.15) is 5.00 Å². The topological polar surface area (TPSA) is 42.1 Å². The Morgan fingerprint density at radius 2 is 2.06 bits per heavy atom. The van der Waals surface area contributed by atoms with Crippen LogP contribution in [0, 0.1) is 5.92 Å². The minimum Gasteiger partial charge on any atom is -0.358 e. The molecule has 88 valence electrons. The zero-order chi connectivity index (χ0) is 11.5. The van der Waals surface area contributed by atoms with Crippen LogP contribution < -0.4 is 10.6 Å². The number of nitrogens with two attached hydrogens (primary N) is 1. The lowest BCUT2D eigenvalue weighted by molar-refractivity contribution is 0.293. The largest absolute Gasteiger partial charge is 0.358 e. The maximum absolute atomic E-state index is 6.39. The normalized spacial score (nSPS) is 22.8. The van der Waals surface area contributed by atoms with Crippen molar-refractivity contribution in [2.24, 2.45) is 11.7 Å². The molecule has 1 saturated heterocycles. The van der Waals surface area contributed by atoms with E-state index in [1.54, 1.807) is 11.5 Å². The summed E-state index contributed by atoms with van der Waals surface area (Å²) >= 11 is 1.60. The first-order chi connectivity index (χ1) is 8.26. The lowest BCUT2D eigenvalue weighted by Gasteiger charge is -2.48. The van der Waals surface area contributed by atoms with Crippen molar-refractivity contribution in [3.8, 4) is 0 Å². The molecule has 0 amide bonds. The van der Waals surface area contributed by atoms with Gasteiger partial charge in [0.2, 0.25) is 0 Å². The number of aromatic nitrogens is 1. The van der Waals surface area contributed by atoms with E-state index in [4.69, 9.17) is 5.73 Å². The molecule has 1 aromatic carbocycles. The zero-order valence-corrected chi connectivity index (χ0v) is 10.4. The molecule has 2 aliphatic rings. The molecule has 0 unspecified atom stereocenters. The van der Waals surface area contributed by atoms with E-state index in [9.17, 15) is 0 Å². The van der Waals surface area contributed by atoms with Gasteiger partial charge in [-0.05, 0) is 42.4 Å². The first kappa shape index (κ1) is 9.85. The molecule has 2 fully saturated rings. The molecule has 1 saturated carbocycles. The number of benzene rings is 1. The maximum Gasteiger partial charge on any atom is 0.120 e. The number of rotatable bonds is 2. The summed E-state index contributed by atoms with van der Waals surface area (Å²) in [5.41, 5.74) is 7.58. The first-order valence-electron chi connectivity index (χ1n) is 6.14. The summed E-state index contributed by atoms with van der Waals surface area (Å²) < 4.78 is 4.49. The van der Waals surface area contributed by atoms with Gasteiger partial charge in [-0.3, -0.25) is 0 Å². The number of anilines is 1. The second-order valence-corrected chi connectivity index (χ2v) is 6.12. The van der Waals surface area contributed by atoms with Gasteiger partial charge in [-0.15, -0.1) is 0 Å². The molecule has 0 atom stereocenters. The van der Waals surface area contributed by atoms with Crippen LogP contribution >= 0.6 is 11.5 Å². The van der Waals surface area contributed by atoms with Crippen LogP contribution in [0.3, 0.4) is 0 Å². The summed E-state index contributed by atoms with van der Waals surface area (Å²) in [7, 11) is 0. The van der Waals surface area contributed by atoms with E-state index in [0.29, 0.717) is 0 Å². The van der Waals surface area contributed by atoms with E-state index >= 15 is 0 Å². The third-order valence-corrected chi connectivity index (χ3v) is 4.95. The fourth-order valence-electron chi connectivity index (χ4n) is 2.83. The Labute approximate surface area is 104 Å². The molecule has 2 aromatic rings. The molecule has 1 aromatic heterocycles. The minimum atomic E-state index is 0.0884. The van der Waals surface area contributed by atoms with Crippen LogP contribution in [-0.2, 0) is 0 Å². The molecular formula is C13H15N3S. The van der Waals surface area contributed by atoms with Crippen molar-refractivity contribution in [3.63, 3.8) is 0 Å². The molecule has 1 aliphatic carbocycles. The van der Waals surface area contributed by atoms with Crippen molar-refractivity contribution in [1.82, 2.24) is 4.37 Å². The minimum absolute atomic E-state index is 0.0884. The van der Waals surface area contributed by atoms with Crippen LogP contribution in [0.4, 0.5) is 5.00 Å². The fourth-order valence-corrected chi connectivity index (χ4v) is 3.69. The predicted molar refractivity (Wildman–Crippen MR) is 71.5 cm³/mol. The molecule has 3 nitrogen and oxygen atoms in total. The summed E-state index contributed by atoms with van der Waals surface area (Å²) in [6.07, 6.45) is 2.65. The van der Waals surface area contributed by atoms with E-state index in [1.165, 1.54) is 23.2 Å². The lowest BCUT2D eigenvalue weighted by atomic mass is 9.86. The highest BCUT2D eigenvalue weighted by atomic mass is 32.1. The molecule has 0 radical (unpaired) electrons. The quantitative estimate of drug-likeness (QED) is 0.882. The van der Waals surface area contributed by atoms with Gasteiger partial charge < -0.3 is 10.6 Å². The zero-order valence-electron chi connectivity index (χ0n) is 9.60. The van der Waals surface area contributed by atoms with Gasteiger partial charge >= 0.3 is 0 Å². The average molecular weight is 245 g/mol. The Bertz CT molecular complexity index is 567. The standard InChI is InChI=1S/C13H15N3S/c14-13(9-5-6-9)7-16(8-13)12-10-3-1-2-4-11(10)15-17-12/h1-4,9H,5-8,14H2. The molecular weight excluding hydrogens is 230 g/mol.